The highest BCUT2D eigenvalue weighted by Crippen LogP contribution is 2.29. The Kier molecular flexibility index (Phi) is 4.43. The molecule has 1 heterocycles. The number of carbonyl (C=O) groups excluding carboxylic acids is 1. The number of carbonyl (C=O) groups is 1. The van der Waals surface area contributed by atoms with Gasteiger partial charge in [-0.25, -0.2) is 0 Å². The van der Waals surface area contributed by atoms with Gasteiger partial charge in [0.05, 0.1) is 6.04 Å². The van der Waals surface area contributed by atoms with Crippen molar-refractivity contribution in [2.24, 2.45) is 0 Å². The lowest BCUT2D eigenvalue weighted by Gasteiger charge is -2.42. The number of piperidine rings is 1. The molecule has 1 saturated heterocycles. The fourth-order valence-electron chi connectivity index (χ4n) is 3.37. The van der Waals surface area contributed by atoms with E-state index < -0.39 is 0 Å². The first-order valence-electron chi connectivity index (χ1n) is 7.17. The molecule has 2 aliphatic rings. The van der Waals surface area contributed by atoms with Gasteiger partial charge >= 0.3 is 0 Å². The zero-order valence-corrected chi connectivity index (χ0v) is 11.3. The van der Waals surface area contributed by atoms with Crippen LogP contribution in [0.1, 0.15) is 51.4 Å². The second-order valence-corrected chi connectivity index (χ2v) is 5.77. The lowest BCUT2D eigenvalue weighted by atomic mass is 9.90. The van der Waals surface area contributed by atoms with Crippen molar-refractivity contribution in [2.45, 2.75) is 63.5 Å². The maximum atomic E-state index is 12.2. The molecular formula is C14H26N2O. The fourth-order valence-corrected chi connectivity index (χ4v) is 3.37. The first kappa shape index (κ1) is 12.9. The van der Waals surface area contributed by atoms with E-state index in [1.54, 1.807) is 4.90 Å². The maximum absolute atomic E-state index is 12.2. The van der Waals surface area contributed by atoms with Crippen LogP contribution in [0.2, 0.25) is 0 Å². The van der Waals surface area contributed by atoms with Crippen molar-refractivity contribution in [3.05, 3.63) is 0 Å². The Morgan fingerprint density at radius 3 is 2.29 bits per heavy atom. The molecule has 0 N–H and O–H groups in total. The summed E-state index contributed by atoms with van der Waals surface area (Å²) in [6.45, 7) is 1.13. The van der Waals surface area contributed by atoms with Crippen LogP contribution in [0.3, 0.4) is 0 Å². The lowest BCUT2D eigenvalue weighted by molar-refractivity contribution is -0.137. The number of nitrogens with zero attached hydrogens (tertiary/aromatic N) is 2. The maximum Gasteiger partial charge on any atom is 0.239 e. The first-order valence-corrected chi connectivity index (χ1v) is 7.17. The van der Waals surface area contributed by atoms with E-state index in [9.17, 15) is 4.79 Å². The second kappa shape index (κ2) is 5.85. The standard InChI is InChI=1S/C14H26N2O/c1-15(2)14(17)13-10-6-7-11-16(13)12-8-4-3-5-9-12/h12-13H,3-11H2,1-2H3/t13-/m1/s1. The molecule has 1 atom stereocenters. The average Bonchev–Trinajstić information content (AvgIpc) is 2.39. The van der Waals surface area contributed by atoms with Crippen molar-refractivity contribution < 1.29 is 4.79 Å². The third-order valence-corrected chi connectivity index (χ3v) is 4.31. The molecule has 0 bridgehead atoms. The Morgan fingerprint density at radius 2 is 1.65 bits per heavy atom. The van der Waals surface area contributed by atoms with Crippen molar-refractivity contribution in [3.8, 4) is 0 Å². The Labute approximate surface area is 105 Å². The normalized spacial score (nSPS) is 28.0. The van der Waals surface area contributed by atoms with E-state index in [4.69, 9.17) is 0 Å². The van der Waals surface area contributed by atoms with Gasteiger partial charge < -0.3 is 4.90 Å². The van der Waals surface area contributed by atoms with E-state index in [2.05, 4.69) is 4.90 Å². The second-order valence-electron chi connectivity index (χ2n) is 5.77. The molecular weight excluding hydrogens is 212 g/mol. The number of likely N-dealkylation sites (N-methyl/N-ethyl adjacent to an activating group) is 1. The molecule has 0 unspecified atom stereocenters. The Morgan fingerprint density at radius 1 is 1.00 bits per heavy atom. The summed E-state index contributed by atoms with van der Waals surface area (Å²) in [5.74, 6) is 0.315. The van der Waals surface area contributed by atoms with Gasteiger partial charge in [-0.2, -0.15) is 0 Å². The Bertz CT molecular complexity index is 259. The largest absolute Gasteiger partial charge is 0.347 e. The van der Waals surface area contributed by atoms with Gasteiger partial charge in [0.2, 0.25) is 5.91 Å². The summed E-state index contributed by atoms with van der Waals surface area (Å²) >= 11 is 0. The summed E-state index contributed by atoms with van der Waals surface area (Å²) < 4.78 is 0. The molecule has 3 nitrogen and oxygen atoms in total. The minimum absolute atomic E-state index is 0.168. The minimum atomic E-state index is 0.168. The summed E-state index contributed by atoms with van der Waals surface area (Å²) in [5.41, 5.74) is 0. The molecule has 17 heavy (non-hydrogen) atoms. The van der Waals surface area contributed by atoms with Crippen molar-refractivity contribution in [3.63, 3.8) is 0 Å². The summed E-state index contributed by atoms with van der Waals surface area (Å²) in [5, 5.41) is 0. The van der Waals surface area contributed by atoms with Gasteiger partial charge in [0.25, 0.3) is 0 Å². The number of rotatable bonds is 2. The average molecular weight is 238 g/mol. The third kappa shape index (κ3) is 3.01. The topological polar surface area (TPSA) is 23.6 Å². The van der Waals surface area contributed by atoms with Crippen LogP contribution in [0.5, 0.6) is 0 Å². The van der Waals surface area contributed by atoms with Gasteiger partial charge in [-0.15, -0.1) is 0 Å². The smallest absolute Gasteiger partial charge is 0.239 e. The molecule has 1 saturated carbocycles. The van der Waals surface area contributed by atoms with Crippen LogP contribution in [-0.4, -0.2) is 48.4 Å². The molecule has 1 amide bonds. The van der Waals surface area contributed by atoms with Gasteiger partial charge in [0.15, 0.2) is 0 Å². The molecule has 3 heteroatoms. The van der Waals surface area contributed by atoms with E-state index in [0.29, 0.717) is 11.9 Å². The van der Waals surface area contributed by atoms with E-state index in [-0.39, 0.29) is 6.04 Å². The molecule has 1 aliphatic carbocycles. The molecule has 0 aromatic rings. The van der Waals surface area contributed by atoms with Crippen molar-refractivity contribution in [2.75, 3.05) is 20.6 Å². The van der Waals surface area contributed by atoms with Crippen molar-refractivity contribution in [1.82, 2.24) is 9.80 Å². The van der Waals surface area contributed by atoms with Crippen LogP contribution in [0.25, 0.3) is 0 Å². The Balaban J connectivity index is 2.03. The zero-order valence-electron chi connectivity index (χ0n) is 11.3. The number of hydrogen-bond acceptors (Lipinski definition) is 2. The lowest BCUT2D eigenvalue weighted by Crippen LogP contribution is -2.53. The number of likely N-dealkylation sites (tertiary alicyclic amines) is 1. The SMILES string of the molecule is CN(C)C(=O)[C@H]1CCCCN1C1CCCCC1. The quantitative estimate of drug-likeness (QED) is 0.737. The van der Waals surface area contributed by atoms with E-state index in [1.165, 1.54) is 44.9 Å². The molecule has 98 valence electrons. The summed E-state index contributed by atoms with van der Waals surface area (Å²) in [6, 6.07) is 0.847. The van der Waals surface area contributed by atoms with Crippen LogP contribution in [0, 0.1) is 0 Å². The van der Waals surface area contributed by atoms with Gasteiger partial charge in [-0.3, -0.25) is 9.69 Å². The number of amides is 1. The fraction of sp³-hybridized carbons (Fsp3) is 0.929. The van der Waals surface area contributed by atoms with Crippen LogP contribution in [-0.2, 0) is 4.79 Å². The van der Waals surface area contributed by atoms with Crippen LogP contribution < -0.4 is 0 Å². The van der Waals surface area contributed by atoms with Crippen LogP contribution in [0.15, 0.2) is 0 Å². The predicted octanol–water partition coefficient (Wildman–Crippen LogP) is 2.26. The van der Waals surface area contributed by atoms with Crippen LogP contribution in [0.4, 0.5) is 0 Å². The van der Waals surface area contributed by atoms with E-state index in [0.717, 1.165) is 13.0 Å². The molecule has 0 aromatic heterocycles. The van der Waals surface area contributed by atoms with Gasteiger partial charge in [0.1, 0.15) is 0 Å². The summed E-state index contributed by atoms with van der Waals surface area (Å²) in [7, 11) is 3.77. The van der Waals surface area contributed by atoms with Gasteiger partial charge in [-0.05, 0) is 32.2 Å². The molecule has 0 spiro atoms. The zero-order chi connectivity index (χ0) is 12.3. The molecule has 2 rings (SSSR count). The minimum Gasteiger partial charge on any atom is -0.347 e. The first-order chi connectivity index (χ1) is 8.20. The molecule has 0 radical (unpaired) electrons. The highest BCUT2D eigenvalue weighted by Gasteiger charge is 2.34. The highest BCUT2D eigenvalue weighted by atomic mass is 16.2. The number of hydrogen-bond donors (Lipinski definition) is 0. The molecule has 0 aromatic carbocycles. The van der Waals surface area contributed by atoms with Gasteiger partial charge in [0, 0.05) is 20.1 Å². The van der Waals surface area contributed by atoms with Crippen LogP contribution >= 0.6 is 0 Å². The van der Waals surface area contributed by atoms with E-state index >= 15 is 0 Å². The van der Waals surface area contributed by atoms with Gasteiger partial charge in [-0.1, -0.05) is 25.7 Å². The monoisotopic (exact) mass is 238 g/mol. The van der Waals surface area contributed by atoms with Crippen molar-refractivity contribution in [1.29, 1.82) is 0 Å². The predicted molar refractivity (Wildman–Crippen MR) is 69.9 cm³/mol. The third-order valence-electron chi connectivity index (χ3n) is 4.31. The molecule has 2 fully saturated rings. The van der Waals surface area contributed by atoms with Crippen molar-refractivity contribution >= 4 is 5.91 Å². The van der Waals surface area contributed by atoms with E-state index in [1.807, 2.05) is 14.1 Å². The summed E-state index contributed by atoms with van der Waals surface area (Å²) in [4.78, 5) is 16.5. The highest BCUT2D eigenvalue weighted by molar-refractivity contribution is 5.81. The molecule has 1 aliphatic heterocycles. The summed E-state index contributed by atoms with van der Waals surface area (Å²) in [6.07, 6.45) is 10.2. The Hall–Kier alpha value is -0.570.